The van der Waals surface area contributed by atoms with Gasteiger partial charge in [0, 0.05) is 11.6 Å². The predicted octanol–water partition coefficient (Wildman–Crippen LogP) is 2.78. The Morgan fingerprint density at radius 1 is 1.29 bits per heavy atom. The van der Waals surface area contributed by atoms with E-state index in [9.17, 15) is 0 Å². The largest absolute Gasteiger partial charge is 0.373 e. The molecule has 0 saturated carbocycles. The van der Waals surface area contributed by atoms with Crippen molar-refractivity contribution < 1.29 is 0 Å². The molecule has 0 saturated heterocycles. The summed E-state index contributed by atoms with van der Waals surface area (Å²) in [4.78, 5) is 0.870. The van der Waals surface area contributed by atoms with Crippen molar-refractivity contribution in [3.63, 3.8) is 0 Å². The molecule has 0 spiro atoms. The highest BCUT2D eigenvalue weighted by molar-refractivity contribution is 7.81. The Hall–Kier alpha value is -1.15. The molecule has 72 valence electrons. The first-order chi connectivity index (χ1) is 6.77. The summed E-state index contributed by atoms with van der Waals surface area (Å²) in [7, 11) is 0. The van der Waals surface area contributed by atoms with Crippen LogP contribution < -0.4 is 5.32 Å². The van der Waals surface area contributed by atoms with E-state index in [1.54, 1.807) is 0 Å². The van der Waals surface area contributed by atoms with Gasteiger partial charge in [-0.25, -0.2) is 0 Å². The van der Waals surface area contributed by atoms with E-state index in [1.807, 2.05) is 18.2 Å². The van der Waals surface area contributed by atoms with E-state index in [0.717, 1.165) is 11.4 Å². The molecular weight excluding hydrogens is 190 g/mol. The van der Waals surface area contributed by atoms with Gasteiger partial charge in [-0.05, 0) is 18.9 Å². The van der Waals surface area contributed by atoms with Gasteiger partial charge in [0.15, 0.2) is 0 Å². The van der Waals surface area contributed by atoms with Gasteiger partial charge in [-0.1, -0.05) is 48.6 Å². The highest BCUT2D eigenvalue weighted by Crippen LogP contribution is 2.20. The van der Waals surface area contributed by atoms with Crippen molar-refractivity contribution >= 4 is 22.8 Å². The standard InChI is InChI=1S/C12H13NS/c1-9-7-8-11(12(14)13-9)10-5-3-2-4-6-10/h2-6,8-9H,7H2,1H3,(H,13,14)/t9-/m0/s1. The summed E-state index contributed by atoms with van der Waals surface area (Å²) in [6.45, 7) is 2.14. The van der Waals surface area contributed by atoms with Crippen LogP contribution in [0.4, 0.5) is 0 Å². The van der Waals surface area contributed by atoms with Gasteiger partial charge in [-0.2, -0.15) is 0 Å². The lowest BCUT2D eigenvalue weighted by Gasteiger charge is -2.22. The van der Waals surface area contributed by atoms with Crippen molar-refractivity contribution in [3.8, 4) is 0 Å². The van der Waals surface area contributed by atoms with Crippen LogP contribution in [0.2, 0.25) is 0 Å². The lowest BCUT2D eigenvalue weighted by Crippen LogP contribution is -2.34. The van der Waals surface area contributed by atoms with Gasteiger partial charge in [-0.15, -0.1) is 0 Å². The van der Waals surface area contributed by atoms with E-state index in [1.165, 1.54) is 11.1 Å². The third-order valence-electron chi connectivity index (χ3n) is 2.38. The van der Waals surface area contributed by atoms with Crippen molar-refractivity contribution in [1.29, 1.82) is 0 Å². The van der Waals surface area contributed by atoms with Gasteiger partial charge < -0.3 is 5.32 Å². The summed E-state index contributed by atoms with van der Waals surface area (Å²) in [6, 6.07) is 10.8. The monoisotopic (exact) mass is 203 g/mol. The van der Waals surface area contributed by atoms with Crippen LogP contribution in [0.1, 0.15) is 18.9 Å². The van der Waals surface area contributed by atoms with Gasteiger partial charge in [0.1, 0.15) is 4.99 Å². The van der Waals surface area contributed by atoms with Gasteiger partial charge in [-0.3, -0.25) is 0 Å². The van der Waals surface area contributed by atoms with E-state index in [0.29, 0.717) is 6.04 Å². The zero-order valence-electron chi connectivity index (χ0n) is 8.16. The maximum atomic E-state index is 5.31. The molecule has 1 heterocycles. The summed E-state index contributed by atoms with van der Waals surface area (Å²) >= 11 is 5.31. The summed E-state index contributed by atoms with van der Waals surface area (Å²) < 4.78 is 0. The lowest BCUT2D eigenvalue weighted by molar-refractivity contribution is 0.673. The zero-order chi connectivity index (χ0) is 9.97. The van der Waals surface area contributed by atoms with Crippen molar-refractivity contribution in [2.24, 2.45) is 0 Å². The van der Waals surface area contributed by atoms with E-state index in [4.69, 9.17) is 12.2 Å². The second-order valence-corrected chi connectivity index (χ2v) is 4.00. The van der Waals surface area contributed by atoms with Gasteiger partial charge >= 0.3 is 0 Å². The van der Waals surface area contributed by atoms with Crippen molar-refractivity contribution in [3.05, 3.63) is 42.0 Å². The Bertz CT molecular complexity index is 367. The third kappa shape index (κ3) is 1.85. The molecule has 0 aliphatic carbocycles. The molecule has 0 fully saturated rings. The smallest absolute Gasteiger partial charge is 0.107 e. The Morgan fingerprint density at radius 3 is 2.64 bits per heavy atom. The highest BCUT2D eigenvalue weighted by Gasteiger charge is 2.14. The summed E-state index contributed by atoms with van der Waals surface area (Å²) in [5, 5.41) is 3.29. The van der Waals surface area contributed by atoms with Crippen LogP contribution in [0, 0.1) is 0 Å². The molecule has 2 heteroatoms. The number of thiocarbonyl (C=S) groups is 1. The van der Waals surface area contributed by atoms with Gasteiger partial charge in [0.05, 0.1) is 0 Å². The van der Waals surface area contributed by atoms with Crippen molar-refractivity contribution in [2.75, 3.05) is 0 Å². The minimum atomic E-state index is 0.468. The fourth-order valence-electron chi connectivity index (χ4n) is 1.61. The number of hydrogen-bond donors (Lipinski definition) is 1. The minimum absolute atomic E-state index is 0.468. The Labute approximate surface area is 89.8 Å². The fraction of sp³-hybridized carbons (Fsp3) is 0.250. The van der Waals surface area contributed by atoms with E-state index >= 15 is 0 Å². The summed E-state index contributed by atoms with van der Waals surface area (Å²) in [5.41, 5.74) is 2.37. The maximum Gasteiger partial charge on any atom is 0.107 e. The number of rotatable bonds is 1. The van der Waals surface area contributed by atoms with Gasteiger partial charge in [0.2, 0.25) is 0 Å². The normalized spacial score (nSPS) is 21.4. The maximum absolute atomic E-state index is 5.31. The van der Waals surface area contributed by atoms with Crippen LogP contribution in [0.5, 0.6) is 0 Å². The minimum Gasteiger partial charge on any atom is -0.373 e. The molecule has 2 rings (SSSR count). The first-order valence-corrected chi connectivity index (χ1v) is 5.24. The topological polar surface area (TPSA) is 12.0 Å². The molecule has 1 aliphatic rings. The predicted molar refractivity (Wildman–Crippen MR) is 64.2 cm³/mol. The Morgan fingerprint density at radius 2 is 2.00 bits per heavy atom. The molecule has 0 unspecified atom stereocenters. The van der Waals surface area contributed by atoms with Crippen LogP contribution in [0.3, 0.4) is 0 Å². The molecule has 0 aromatic heterocycles. The summed E-state index contributed by atoms with van der Waals surface area (Å²) in [5.74, 6) is 0. The van der Waals surface area contributed by atoms with Crippen LogP contribution in [-0.4, -0.2) is 11.0 Å². The van der Waals surface area contributed by atoms with E-state index < -0.39 is 0 Å². The molecule has 1 atom stereocenters. The second kappa shape index (κ2) is 3.93. The average Bonchev–Trinajstić information content (AvgIpc) is 2.19. The third-order valence-corrected chi connectivity index (χ3v) is 2.72. The van der Waals surface area contributed by atoms with Crippen molar-refractivity contribution in [1.82, 2.24) is 5.32 Å². The average molecular weight is 203 g/mol. The molecule has 1 aliphatic heterocycles. The highest BCUT2D eigenvalue weighted by atomic mass is 32.1. The molecule has 0 bridgehead atoms. The quantitative estimate of drug-likeness (QED) is 0.704. The first kappa shape index (κ1) is 9.41. The molecule has 0 amide bonds. The van der Waals surface area contributed by atoms with Crippen LogP contribution in [-0.2, 0) is 0 Å². The van der Waals surface area contributed by atoms with Crippen LogP contribution >= 0.6 is 12.2 Å². The van der Waals surface area contributed by atoms with Crippen molar-refractivity contribution in [2.45, 2.75) is 19.4 Å². The SMILES string of the molecule is C[C@H]1CC=C(c2ccccc2)C(=S)N1. The van der Waals surface area contributed by atoms with Crippen LogP contribution in [0.15, 0.2) is 36.4 Å². The van der Waals surface area contributed by atoms with Crippen LogP contribution in [0.25, 0.3) is 5.57 Å². The Kier molecular flexibility index (Phi) is 2.64. The molecule has 1 N–H and O–H groups in total. The fourth-order valence-corrected chi connectivity index (χ4v) is 2.02. The van der Waals surface area contributed by atoms with Gasteiger partial charge in [0.25, 0.3) is 0 Å². The number of hydrogen-bond acceptors (Lipinski definition) is 1. The lowest BCUT2D eigenvalue weighted by atomic mass is 10.00. The molecule has 1 nitrogen and oxygen atoms in total. The summed E-state index contributed by atoms with van der Waals surface area (Å²) in [6.07, 6.45) is 3.27. The molecule has 1 aromatic carbocycles. The number of nitrogens with one attached hydrogen (secondary N) is 1. The molecule has 14 heavy (non-hydrogen) atoms. The molecule has 1 aromatic rings. The first-order valence-electron chi connectivity index (χ1n) is 4.84. The van der Waals surface area contributed by atoms with E-state index in [-0.39, 0.29) is 0 Å². The Balaban J connectivity index is 2.32. The van der Waals surface area contributed by atoms with E-state index in [2.05, 4.69) is 30.4 Å². The molecular formula is C12H13NS. The molecule has 0 radical (unpaired) electrons. The second-order valence-electron chi connectivity index (χ2n) is 3.59. The number of benzene rings is 1. The zero-order valence-corrected chi connectivity index (χ0v) is 8.97.